The predicted octanol–water partition coefficient (Wildman–Crippen LogP) is 5.41. The van der Waals surface area contributed by atoms with E-state index >= 15 is 0 Å². The number of halogens is 2. The number of unbranched alkanes of at least 4 members (excludes halogenated alkanes) is 1. The minimum atomic E-state index is -4.23. The highest BCUT2D eigenvalue weighted by Gasteiger charge is 2.32. The zero-order valence-corrected chi connectivity index (χ0v) is 24.9. The summed E-state index contributed by atoms with van der Waals surface area (Å²) in [6, 6.07) is 16.6. The molecule has 1 unspecified atom stereocenters. The largest absolute Gasteiger partial charge is 0.494 e. The Kier molecular flexibility index (Phi) is 11.5. The first-order chi connectivity index (χ1) is 19.6. The first-order valence-electron chi connectivity index (χ1n) is 13.4. The summed E-state index contributed by atoms with van der Waals surface area (Å²) in [5, 5.41) is 3.19. The summed E-state index contributed by atoms with van der Waals surface area (Å²) in [4.78, 5) is 28.1. The molecule has 1 N–H and O–H groups in total. The molecule has 1 atom stereocenters. The number of nitrogens with zero attached hydrogens (tertiary/aromatic N) is 2. The van der Waals surface area contributed by atoms with Crippen molar-refractivity contribution in [3.05, 3.63) is 89.2 Å². The second-order valence-corrected chi connectivity index (χ2v) is 11.7. The van der Waals surface area contributed by atoms with E-state index in [9.17, 15) is 22.4 Å². The SMILES string of the molecule is CCCCNC(=O)C(C)N(Cc1ccc(F)cc1)C(=O)CN(c1ccc(OCC)cc1)S(=O)(=O)c1ccc(Cl)cc1. The number of ether oxygens (including phenoxy) is 1. The molecule has 0 saturated carbocycles. The molecule has 220 valence electrons. The zero-order chi connectivity index (χ0) is 30.0. The molecule has 0 heterocycles. The average Bonchev–Trinajstić information content (AvgIpc) is 2.96. The van der Waals surface area contributed by atoms with E-state index in [0.29, 0.717) is 29.5 Å². The molecule has 3 aromatic carbocycles. The van der Waals surface area contributed by atoms with Crippen molar-refractivity contribution in [2.45, 2.75) is 51.1 Å². The van der Waals surface area contributed by atoms with Gasteiger partial charge in [-0.25, -0.2) is 12.8 Å². The maximum absolute atomic E-state index is 13.9. The van der Waals surface area contributed by atoms with Crippen LogP contribution < -0.4 is 14.4 Å². The molecular weight excluding hydrogens is 569 g/mol. The summed E-state index contributed by atoms with van der Waals surface area (Å²) in [6.07, 6.45) is 1.65. The zero-order valence-electron chi connectivity index (χ0n) is 23.3. The van der Waals surface area contributed by atoms with Crippen LogP contribution in [0.15, 0.2) is 77.7 Å². The van der Waals surface area contributed by atoms with Crippen LogP contribution >= 0.6 is 11.6 Å². The summed E-state index contributed by atoms with van der Waals surface area (Å²) in [5.41, 5.74) is 0.819. The van der Waals surface area contributed by atoms with Gasteiger partial charge in [0.2, 0.25) is 11.8 Å². The predicted molar refractivity (Wildman–Crippen MR) is 158 cm³/mol. The van der Waals surface area contributed by atoms with Gasteiger partial charge in [-0.2, -0.15) is 0 Å². The number of rotatable bonds is 14. The van der Waals surface area contributed by atoms with Gasteiger partial charge in [-0.3, -0.25) is 13.9 Å². The third kappa shape index (κ3) is 8.68. The highest BCUT2D eigenvalue weighted by Crippen LogP contribution is 2.27. The van der Waals surface area contributed by atoms with Gasteiger partial charge in [-0.1, -0.05) is 37.1 Å². The maximum Gasteiger partial charge on any atom is 0.264 e. The molecule has 0 aromatic heterocycles. The number of nitrogens with one attached hydrogen (secondary N) is 1. The van der Waals surface area contributed by atoms with Crippen LogP contribution in [0.4, 0.5) is 10.1 Å². The quantitative estimate of drug-likeness (QED) is 0.249. The van der Waals surface area contributed by atoms with E-state index < -0.39 is 34.3 Å². The highest BCUT2D eigenvalue weighted by atomic mass is 35.5. The Balaban J connectivity index is 2.00. The molecule has 3 rings (SSSR count). The van der Waals surface area contributed by atoms with E-state index in [2.05, 4.69) is 5.32 Å². The number of sulfonamides is 1. The lowest BCUT2D eigenvalue weighted by Gasteiger charge is -2.32. The lowest BCUT2D eigenvalue weighted by molar-refractivity contribution is -0.139. The maximum atomic E-state index is 13.9. The molecule has 0 bridgehead atoms. The molecular formula is C30H35ClFN3O5S. The van der Waals surface area contributed by atoms with Gasteiger partial charge in [0.15, 0.2) is 0 Å². The van der Waals surface area contributed by atoms with Crippen molar-refractivity contribution < 1.29 is 27.1 Å². The lowest BCUT2D eigenvalue weighted by atomic mass is 10.1. The third-order valence-corrected chi connectivity index (χ3v) is 8.42. The molecule has 11 heteroatoms. The van der Waals surface area contributed by atoms with Gasteiger partial charge in [-0.15, -0.1) is 0 Å². The molecule has 0 saturated heterocycles. The molecule has 0 fully saturated rings. The smallest absolute Gasteiger partial charge is 0.264 e. The van der Waals surface area contributed by atoms with E-state index in [1.807, 2.05) is 13.8 Å². The fourth-order valence-corrected chi connectivity index (χ4v) is 5.58. The molecule has 0 aliphatic heterocycles. The molecule has 0 radical (unpaired) electrons. The van der Waals surface area contributed by atoms with Crippen LogP contribution in [0.3, 0.4) is 0 Å². The highest BCUT2D eigenvalue weighted by molar-refractivity contribution is 7.92. The number of carbonyl (C=O) groups is 2. The van der Waals surface area contributed by atoms with E-state index in [1.165, 1.54) is 53.4 Å². The Hall–Kier alpha value is -3.63. The molecule has 0 aliphatic rings. The number of anilines is 1. The summed E-state index contributed by atoms with van der Waals surface area (Å²) >= 11 is 5.98. The van der Waals surface area contributed by atoms with Crippen molar-refractivity contribution in [1.29, 1.82) is 0 Å². The van der Waals surface area contributed by atoms with Crippen molar-refractivity contribution in [2.75, 3.05) is 24.0 Å². The standard InChI is InChI=1S/C30H35ClFN3O5S/c1-4-6-19-33-30(37)22(3)34(20-23-7-11-25(32)12-8-23)29(36)21-35(26-13-15-27(16-14-26)40-5-2)41(38,39)28-17-9-24(31)10-18-28/h7-18,22H,4-6,19-21H2,1-3H3,(H,33,37). The van der Waals surface area contributed by atoms with Crippen molar-refractivity contribution in [3.8, 4) is 5.75 Å². The van der Waals surface area contributed by atoms with E-state index in [4.69, 9.17) is 16.3 Å². The number of benzene rings is 3. The Morgan fingerprint density at radius 1 is 0.976 bits per heavy atom. The van der Waals surface area contributed by atoms with E-state index in [1.54, 1.807) is 31.2 Å². The molecule has 41 heavy (non-hydrogen) atoms. The Morgan fingerprint density at radius 2 is 1.61 bits per heavy atom. The normalized spacial score (nSPS) is 11.9. The summed E-state index contributed by atoms with van der Waals surface area (Å²) in [6.45, 7) is 5.67. The lowest BCUT2D eigenvalue weighted by Crippen LogP contribution is -2.51. The van der Waals surface area contributed by atoms with E-state index in [-0.39, 0.29) is 23.0 Å². The summed E-state index contributed by atoms with van der Waals surface area (Å²) < 4.78 is 47.7. The van der Waals surface area contributed by atoms with Crippen molar-refractivity contribution in [2.24, 2.45) is 0 Å². The number of carbonyl (C=O) groups excluding carboxylic acids is 2. The van der Waals surface area contributed by atoms with Gasteiger partial charge in [0.05, 0.1) is 17.2 Å². The Labute approximate surface area is 246 Å². The second-order valence-electron chi connectivity index (χ2n) is 9.36. The van der Waals surface area contributed by atoms with Gasteiger partial charge in [0.1, 0.15) is 24.2 Å². The van der Waals surface area contributed by atoms with Crippen LogP contribution in [0.5, 0.6) is 5.75 Å². The molecule has 0 spiro atoms. The summed E-state index contributed by atoms with van der Waals surface area (Å²) in [7, 11) is -4.23. The molecule has 0 aliphatic carbocycles. The molecule has 2 amide bonds. The van der Waals surface area contributed by atoms with Crippen LogP contribution in [0.1, 0.15) is 39.2 Å². The average molecular weight is 604 g/mol. The van der Waals surface area contributed by atoms with Crippen molar-refractivity contribution >= 4 is 39.1 Å². The molecule has 3 aromatic rings. The first kappa shape index (κ1) is 31.9. The fraction of sp³-hybridized carbons (Fsp3) is 0.333. The van der Waals surface area contributed by atoms with Gasteiger partial charge in [-0.05, 0) is 86.5 Å². The topological polar surface area (TPSA) is 96.0 Å². The van der Waals surface area contributed by atoms with Crippen molar-refractivity contribution in [3.63, 3.8) is 0 Å². The monoisotopic (exact) mass is 603 g/mol. The van der Waals surface area contributed by atoms with Gasteiger partial charge in [0.25, 0.3) is 10.0 Å². The van der Waals surface area contributed by atoms with Crippen LogP contribution in [-0.4, -0.2) is 50.9 Å². The Bertz CT molecular complexity index is 1400. The minimum Gasteiger partial charge on any atom is -0.494 e. The third-order valence-electron chi connectivity index (χ3n) is 6.38. The van der Waals surface area contributed by atoms with Gasteiger partial charge in [0, 0.05) is 18.1 Å². The van der Waals surface area contributed by atoms with Gasteiger partial charge >= 0.3 is 0 Å². The number of hydrogen-bond acceptors (Lipinski definition) is 5. The Morgan fingerprint density at radius 3 is 2.20 bits per heavy atom. The number of amides is 2. The minimum absolute atomic E-state index is 0.0282. The second kappa shape index (κ2) is 14.8. The number of hydrogen-bond donors (Lipinski definition) is 1. The fourth-order valence-electron chi connectivity index (χ4n) is 4.04. The van der Waals surface area contributed by atoms with Crippen LogP contribution in [0, 0.1) is 5.82 Å². The molecule has 8 nitrogen and oxygen atoms in total. The first-order valence-corrected chi connectivity index (χ1v) is 15.2. The van der Waals surface area contributed by atoms with E-state index in [0.717, 1.165) is 17.1 Å². The van der Waals surface area contributed by atoms with Crippen LogP contribution in [-0.2, 0) is 26.2 Å². The van der Waals surface area contributed by atoms with Gasteiger partial charge < -0.3 is 15.0 Å². The van der Waals surface area contributed by atoms with Crippen LogP contribution in [0.2, 0.25) is 5.02 Å². The van der Waals surface area contributed by atoms with Crippen molar-refractivity contribution in [1.82, 2.24) is 10.2 Å². The summed E-state index contributed by atoms with van der Waals surface area (Å²) in [5.74, 6) is -0.879. The van der Waals surface area contributed by atoms with Crippen LogP contribution in [0.25, 0.3) is 0 Å².